The van der Waals surface area contributed by atoms with Crippen LogP contribution in [-0.2, 0) is 26.2 Å². The highest BCUT2D eigenvalue weighted by molar-refractivity contribution is 5.90. The summed E-state index contributed by atoms with van der Waals surface area (Å²) in [5, 5.41) is 17.5. The first-order chi connectivity index (χ1) is 23.2. The number of anilines is 1. The molecule has 0 fully saturated rings. The Morgan fingerprint density at radius 3 is 2.55 bits per heavy atom. The molecule has 7 rings (SSSR count). The first-order valence-corrected chi connectivity index (χ1v) is 16.5. The summed E-state index contributed by atoms with van der Waals surface area (Å²) >= 11 is 0. The second kappa shape index (κ2) is 11.6. The molecule has 2 aromatic carbocycles. The summed E-state index contributed by atoms with van der Waals surface area (Å²) in [5.41, 5.74) is 1.76. The van der Waals surface area contributed by atoms with E-state index in [-0.39, 0.29) is 53.6 Å². The summed E-state index contributed by atoms with van der Waals surface area (Å²) in [4.78, 5) is 49.6. The molecule has 5 heterocycles. The molecule has 4 bridgehead atoms. The second-order valence-corrected chi connectivity index (χ2v) is 14.5. The Morgan fingerprint density at radius 2 is 1.84 bits per heavy atom. The Labute approximate surface area is 283 Å². The lowest BCUT2D eigenvalue weighted by atomic mass is 9.72. The van der Waals surface area contributed by atoms with Crippen LogP contribution in [0.1, 0.15) is 91.7 Å². The number of ketones is 1. The number of carbonyl (C=O) groups is 3. The van der Waals surface area contributed by atoms with E-state index in [0.29, 0.717) is 11.5 Å². The third-order valence-corrected chi connectivity index (χ3v) is 9.78. The van der Waals surface area contributed by atoms with Crippen molar-refractivity contribution in [3.63, 3.8) is 0 Å². The Kier molecular flexibility index (Phi) is 7.70. The van der Waals surface area contributed by atoms with Gasteiger partial charge in [0.25, 0.3) is 0 Å². The maximum atomic E-state index is 14.1. The minimum atomic E-state index is -1.24. The van der Waals surface area contributed by atoms with Crippen LogP contribution in [-0.4, -0.2) is 52.2 Å². The minimum absolute atomic E-state index is 0.00828. The molecule has 2 aromatic heterocycles. The van der Waals surface area contributed by atoms with Gasteiger partial charge in [0, 0.05) is 23.6 Å². The van der Waals surface area contributed by atoms with E-state index in [9.17, 15) is 19.5 Å². The Bertz CT molecular complexity index is 1990. The molecular formula is C37H40N4O8. The Balaban J connectivity index is 1.48. The van der Waals surface area contributed by atoms with Crippen LogP contribution in [0.25, 0.3) is 11.6 Å². The average Bonchev–Trinajstić information content (AvgIpc) is 3.81. The fraction of sp³-hybridized carbons (Fsp3) is 0.432. The van der Waals surface area contributed by atoms with Gasteiger partial charge in [0.1, 0.15) is 29.1 Å². The number of hydrogen-bond donors (Lipinski definition) is 3. The highest BCUT2D eigenvalue weighted by Crippen LogP contribution is 2.59. The van der Waals surface area contributed by atoms with E-state index >= 15 is 0 Å². The predicted molar refractivity (Wildman–Crippen MR) is 177 cm³/mol. The number of para-hydroxylation sites is 1. The summed E-state index contributed by atoms with van der Waals surface area (Å²) in [7, 11) is 1.27. The van der Waals surface area contributed by atoms with Crippen molar-refractivity contribution in [3.05, 3.63) is 82.3 Å². The van der Waals surface area contributed by atoms with E-state index in [1.54, 1.807) is 27.7 Å². The number of aromatic nitrogens is 2. The number of Topliss-reactive ketones (excluding diaryl/α,β-unsaturated/α-hetero) is 1. The molecule has 0 aliphatic carbocycles. The SMILES string of the molecule is COC(=O)c1nc(-c2nc3oc2C24c5ccccc5N[C@H]2Oc2ccc(cc24)CC(CC(=O)[C@@H](O)C(C)(C)C)C(=O)N[C@H]3C(C)C)oc1C. The minimum Gasteiger partial charge on any atom is -0.469 e. The van der Waals surface area contributed by atoms with Crippen molar-refractivity contribution in [3.8, 4) is 17.3 Å². The third kappa shape index (κ3) is 5.11. The summed E-state index contributed by atoms with van der Waals surface area (Å²) in [6.07, 6.45) is -1.81. The highest BCUT2D eigenvalue weighted by atomic mass is 16.5. The van der Waals surface area contributed by atoms with Crippen molar-refractivity contribution in [1.29, 1.82) is 0 Å². The van der Waals surface area contributed by atoms with E-state index < -0.39 is 46.9 Å². The molecule has 12 nitrogen and oxygen atoms in total. The summed E-state index contributed by atoms with van der Waals surface area (Å²) in [6.45, 7) is 10.8. The van der Waals surface area contributed by atoms with Crippen LogP contribution in [0.2, 0.25) is 0 Å². The van der Waals surface area contributed by atoms with Crippen molar-refractivity contribution in [2.75, 3.05) is 12.4 Å². The van der Waals surface area contributed by atoms with E-state index in [1.165, 1.54) is 7.11 Å². The number of methoxy groups -OCH3 is 1. The molecule has 12 heteroatoms. The van der Waals surface area contributed by atoms with Crippen molar-refractivity contribution in [1.82, 2.24) is 15.3 Å². The summed E-state index contributed by atoms with van der Waals surface area (Å²) < 4.78 is 24.5. The van der Waals surface area contributed by atoms with E-state index in [2.05, 4.69) is 15.6 Å². The number of fused-ring (bicyclic) bond motifs is 4. The number of hydrogen-bond acceptors (Lipinski definition) is 11. The number of nitrogens with zero attached hydrogens (tertiary/aromatic N) is 2. The number of esters is 1. The molecule has 49 heavy (non-hydrogen) atoms. The zero-order chi connectivity index (χ0) is 35.0. The number of oxazole rings is 2. The number of aliphatic hydroxyl groups excluding tert-OH is 1. The lowest BCUT2D eigenvalue weighted by Crippen LogP contribution is -2.41. The van der Waals surface area contributed by atoms with E-state index in [0.717, 1.165) is 22.4 Å². The van der Waals surface area contributed by atoms with Crippen LogP contribution < -0.4 is 15.4 Å². The van der Waals surface area contributed by atoms with Crippen LogP contribution in [0.3, 0.4) is 0 Å². The van der Waals surface area contributed by atoms with Gasteiger partial charge in [0.2, 0.25) is 17.7 Å². The molecule has 1 amide bonds. The molecule has 256 valence electrons. The molecule has 5 atom stereocenters. The predicted octanol–water partition coefficient (Wildman–Crippen LogP) is 5.25. The van der Waals surface area contributed by atoms with Crippen molar-refractivity contribution in [2.24, 2.45) is 17.3 Å². The van der Waals surface area contributed by atoms with Gasteiger partial charge in [-0.2, -0.15) is 0 Å². The molecule has 3 aliphatic heterocycles. The Hall–Kier alpha value is -4.97. The fourth-order valence-electron chi connectivity index (χ4n) is 7.18. The lowest BCUT2D eigenvalue weighted by Gasteiger charge is -2.29. The molecule has 0 saturated carbocycles. The van der Waals surface area contributed by atoms with Gasteiger partial charge < -0.3 is 34.0 Å². The fourth-order valence-corrected chi connectivity index (χ4v) is 7.18. The normalized spacial score (nSPS) is 23.0. The zero-order valence-electron chi connectivity index (χ0n) is 28.5. The molecule has 2 unspecified atom stereocenters. The summed E-state index contributed by atoms with van der Waals surface area (Å²) in [6, 6.07) is 12.9. The van der Waals surface area contributed by atoms with Crippen molar-refractivity contribution >= 4 is 23.3 Å². The van der Waals surface area contributed by atoms with Crippen LogP contribution >= 0.6 is 0 Å². The first-order valence-electron chi connectivity index (χ1n) is 16.5. The first kappa shape index (κ1) is 32.6. The molecule has 3 N–H and O–H groups in total. The molecule has 1 spiro atoms. The van der Waals surface area contributed by atoms with Gasteiger partial charge in [-0.15, -0.1) is 0 Å². The number of ether oxygens (including phenoxy) is 2. The molecule has 0 saturated heterocycles. The molecule has 4 aromatic rings. The largest absolute Gasteiger partial charge is 0.469 e. The third-order valence-electron chi connectivity index (χ3n) is 9.78. The number of amides is 1. The lowest BCUT2D eigenvalue weighted by molar-refractivity contribution is -0.137. The number of aryl methyl sites for hydroxylation is 1. The van der Waals surface area contributed by atoms with Crippen LogP contribution in [0.5, 0.6) is 5.75 Å². The molecule has 0 radical (unpaired) electrons. The quantitative estimate of drug-likeness (QED) is 0.230. The van der Waals surface area contributed by atoms with Crippen LogP contribution in [0.15, 0.2) is 51.3 Å². The smallest absolute Gasteiger partial charge is 0.360 e. The number of carbonyl (C=O) groups excluding carboxylic acids is 3. The Morgan fingerprint density at radius 1 is 1.08 bits per heavy atom. The van der Waals surface area contributed by atoms with E-state index in [1.807, 2.05) is 56.3 Å². The maximum absolute atomic E-state index is 14.1. The van der Waals surface area contributed by atoms with Gasteiger partial charge in [-0.1, -0.05) is 65.0 Å². The number of aliphatic hydroxyl groups is 1. The van der Waals surface area contributed by atoms with Gasteiger partial charge in [-0.3, -0.25) is 9.59 Å². The summed E-state index contributed by atoms with van der Waals surface area (Å²) in [5.74, 6) is -0.943. The van der Waals surface area contributed by atoms with Crippen molar-refractivity contribution in [2.45, 2.75) is 78.2 Å². The monoisotopic (exact) mass is 668 g/mol. The topological polar surface area (TPSA) is 166 Å². The highest BCUT2D eigenvalue weighted by Gasteiger charge is 2.61. The van der Waals surface area contributed by atoms with Gasteiger partial charge in [0.05, 0.1) is 7.11 Å². The zero-order valence-corrected chi connectivity index (χ0v) is 28.5. The van der Waals surface area contributed by atoms with Crippen LogP contribution in [0, 0.1) is 24.2 Å². The molecule has 3 aliphatic rings. The van der Waals surface area contributed by atoms with Gasteiger partial charge in [0.15, 0.2) is 29.2 Å². The second-order valence-electron chi connectivity index (χ2n) is 14.5. The van der Waals surface area contributed by atoms with Gasteiger partial charge in [-0.05, 0) is 47.9 Å². The number of rotatable bonds is 6. The van der Waals surface area contributed by atoms with E-state index in [4.69, 9.17) is 23.3 Å². The number of benzene rings is 2. The molecular weight excluding hydrogens is 628 g/mol. The van der Waals surface area contributed by atoms with Crippen LogP contribution in [0.4, 0.5) is 5.69 Å². The maximum Gasteiger partial charge on any atom is 0.360 e. The van der Waals surface area contributed by atoms with Crippen molar-refractivity contribution < 1.29 is 37.8 Å². The standard InChI is InChI=1S/C37H40N4O8/c1-17(2)26-32-41-28(33-40-27(18(3)47-33)34(45)46-7)30(49-32)37-21-10-8-9-11-23(21)38-35(37)48-25-13-12-19(15-22(25)37)14-20(31(44)39-26)16-24(42)29(43)36(4,5)6/h8-13,15,17,20,26,29,35,38,43H,14,16H2,1-7H3,(H,39,44)/t20?,26-,29+,35-,37?/m0/s1. The average molecular weight is 669 g/mol. The van der Waals surface area contributed by atoms with Gasteiger partial charge in [-0.25, -0.2) is 14.8 Å². The van der Waals surface area contributed by atoms with Gasteiger partial charge >= 0.3 is 5.97 Å². The number of nitrogens with one attached hydrogen (secondary N) is 2.